The van der Waals surface area contributed by atoms with Gasteiger partial charge in [0.2, 0.25) is 0 Å². The highest BCUT2D eigenvalue weighted by atomic mass is 15.0. The third-order valence-corrected chi connectivity index (χ3v) is 5.43. The van der Waals surface area contributed by atoms with Crippen LogP contribution in [0.1, 0.15) is 69.0 Å². The first-order chi connectivity index (χ1) is 10.3. The van der Waals surface area contributed by atoms with Crippen molar-refractivity contribution >= 4 is 0 Å². The predicted octanol–water partition coefficient (Wildman–Crippen LogP) is 4.17. The van der Waals surface area contributed by atoms with Crippen molar-refractivity contribution in [3.8, 4) is 0 Å². The molecule has 0 spiro atoms. The third kappa shape index (κ3) is 3.87. The van der Waals surface area contributed by atoms with Gasteiger partial charge in [0.25, 0.3) is 0 Å². The summed E-state index contributed by atoms with van der Waals surface area (Å²) in [6, 6.07) is 10.1. The van der Waals surface area contributed by atoms with E-state index in [1.807, 2.05) is 0 Å². The molecule has 2 atom stereocenters. The van der Waals surface area contributed by atoms with Gasteiger partial charge in [-0.25, -0.2) is 0 Å². The van der Waals surface area contributed by atoms with Crippen LogP contribution >= 0.6 is 0 Å². The Labute approximate surface area is 129 Å². The Bertz CT molecular complexity index is 435. The van der Waals surface area contributed by atoms with Crippen molar-refractivity contribution in [1.29, 1.82) is 0 Å². The number of rotatable bonds is 3. The molecule has 1 saturated carbocycles. The van der Waals surface area contributed by atoms with E-state index in [1.54, 1.807) is 0 Å². The van der Waals surface area contributed by atoms with Gasteiger partial charge in [-0.15, -0.1) is 0 Å². The van der Waals surface area contributed by atoms with Crippen molar-refractivity contribution in [3.63, 3.8) is 0 Å². The zero-order valence-electron chi connectivity index (χ0n) is 13.4. The molecule has 0 aromatic heterocycles. The first-order valence-electron chi connectivity index (χ1n) is 8.89. The molecule has 0 saturated heterocycles. The van der Waals surface area contributed by atoms with E-state index in [0.717, 1.165) is 19.0 Å². The Balaban J connectivity index is 1.68. The summed E-state index contributed by atoms with van der Waals surface area (Å²) in [6.07, 6.45) is 9.79. The Kier molecular flexibility index (Phi) is 5.32. The summed E-state index contributed by atoms with van der Waals surface area (Å²) in [4.78, 5) is 0. The standard InChI is InChI=1S/C19H30N2/c1-15(16-8-4-2-3-5-9-16)21-19-12-13-20-14-17-10-6-7-11-18(17)19/h6-7,10-11,15-16,19-21H,2-5,8-9,12-14H2,1H3/t15-,19?/m1/s1. The van der Waals surface area contributed by atoms with Gasteiger partial charge in [0.15, 0.2) is 0 Å². The number of fused-ring (bicyclic) bond motifs is 1. The zero-order valence-corrected chi connectivity index (χ0v) is 13.4. The van der Waals surface area contributed by atoms with Crippen LogP contribution in [0, 0.1) is 5.92 Å². The average Bonchev–Trinajstić information content (AvgIpc) is 2.89. The molecule has 116 valence electrons. The summed E-state index contributed by atoms with van der Waals surface area (Å²) in [6.45, 7) is 4.55. The fourth-order valence-electron chi connectivity index (χ4n) is 4.10. The molecule has 0 radical (unpaired) electrons. The molecule has 0 bridgehead atoms. The molecule has 1 aliphatic heterocycles. The molecule has 3 rings (SSSR count). The molecule has 0 amide bonds. The molecule has 21 heavy (non-hydrogen) atoms. The minimum Gasteiger partial charge on any atom is -0.313 e. The molecule has 2 N–H and O–H groups in total. The minimum absolute atomic E-state index is 0.523. The SMILES string of the molecule is C[C@@H](NC1CCNCc2ccccc21)C1CCCCCC1. The van der Waals surface area contributed by atoms with Crippen LogP contribution in [-0.2, 0) is 6.54 Å². The third-order valence-electron chi connectivity index (χ3n) is 5.43. The van der Waals surface area contributed by atoms with Crippen LogP contribution < -0.4 is 10.6 Å². The Morgan fingerprint density at radius 3 is 2.62 bits per heavy atom. The molecule has 1 aromatic carbocycles. The van der Waals surface area contributed by atoms with Gasteiger partial charge in [-0.2, -0.15) is 0 Å². The molecule has 1 heterocycles. The van der Waals surface area contributed by atoms with Crippen molar-refractivity contribution in [1.82, 2.24) is 10.6 Å². The number of benzene rings is 1. The van der Waals surface area contributed by atoms with Gasteiger partial charge < -0.3 is 10.6 Å². The molecular weight excluding hydrogens is 256 g/mol. The van der Waals surface area contributed by atoms with Gasteiger partial charge in [0, 0.05) is 18.6 Å². The predicted molar refractivity (Wildman–Crippen MR) is 89.3 cm³/mol. The maximum atomic E-state index is 3.97. The van der Waals surface area contributed by atoms with Crippen LogP contribution in [0.4, 0.5) is 0 Å². The van der Waals surface area contributed by atoms with Crippen LogP contribution in [0.2, 0.25) is 0 Å². The van der Waals surface area contributed by atoms with E-state index in [0.29, 0.717) is 12.1 Å². The first-order valence-corrected chi connectivity index (χ1v) is 8.89. The fraction of sp³-hybridized carbons (Fsp3) is 0.684. The van der Waals surface area contributed by atoms with E-state index in [2.05, 4.69) is 41.8 Å². The lowest BCUT2D eigenvalue weighted by Crippen LogP contribution is -2.37. The topological polar surface area (TPSA) is 24.1 Å². The van der Waals surface area contributed by atoms with Gasteiger partial charge in [-0.1, -0.05) is 49.9 Å². The second-order valence-electron chi connectivity index (χ2n) is 6.92. The van der Waals surface area contributed by atoms with Crippen LogP contribution in [0.25, 0.3) is 0 Å². The summed E-state index contributed by atoms with van der Waals surface area (Å²) >= 11 is 0. The summed E-state index contributed by atoms with van der Waals surface area (Å²) in [5.41, 5.74) is 2.99. The van der Waals surface area contributed by atoms with Gasteiger partial charge in [0.1, 0.15) is 0 Å². The molecular formula is C19H30N2. The molecule has 2 nitrogen and oxygen atoms in total. The van der Waals surface area contributed by atoms with Gasteiger partial charge in [0.05, 0.1) is 0 Å². The summed E-state index contributed by atoms with van der Waals surface area (Å²) in [5, 5.41) is 7.53. The van der Waals surface area contributed by atoms with Gasteiger partial charge in [-0.05, 0) is 49.8 Å². The monoisotopic (exact) mass is 286 g/mol. The van der Waals surface area contributed by atoms with E-state index >= 15 is 0 Å². The van der Waals surface area contributed by atoms with Crippen molar-refractivity contribution in [2.45, 2.75) is 70.5 Å². The van der Waals surface area contributed by atoms with Crippen LogP contribution in [-0.4, -0.2) is 12.6 Å². The highest BCUT2D eigenvalue weighted by Crippen LogP contribution is 2.29. The van der Waals surface area contributed by atoms with Crippen molar-refractivity contribution in [2.24, 2.45) is 5.92 Å². The average molecular weight is 286 g/mol. The Morgan fingerprint density at radius 1 is 1.05 bits per heavy atom. The second-order valence-corrected chi connectivity index (χ2v) is 6.92. The van der Waals surface area contributed by atoms with E-state index in [-0.39, 0.29) is 0 Å². The van der Waals surface area contributed by atoms with E-state index in [1.165, 1.54) is 56.1 Å². The van der Waals surface area contributed by atoms with Crippen LogP contribution in [0.15, 0.2) is 24.3 Å². The van der Waals surface area contributed by atoms with Gasteiger partial charge in [-0.3, -0.25) is 0 Å². The van der Waals surface area contributed by atoms with E-state index in [9.17, 15) is 0 Å². The lowest BCUT2D eigenvalue weighted by molar-refractivity contribution is 0.304. The molecule has 1 aliphatic carbocycles. The molecule has 1 unspecified atom stereocenters. The number of hydrogen-bond acceptors (Lipinski definition) is 2. The fourth-order valence-corrected chi connectivity index (χ4v) is 4.10. The normalized spacial score (nSPS) is 25.7. The maximum Gasteiger partial charge on any atom is 0.0337 e. The van der Waals surface area contributed by atoms with Crippen molar-refractivity contribution in [3.05, 3.63) is 35.4 Å². The first kappa shape index (κ1) is 15.1. The Hall–Kier alpha value is -0.860. The van der Waals surface area contributed by atoms with Crippen molar-refractivity contribution in [2.75, 3.05) is 6.54 Å². The smallest absolute Gasteiger partial charge is 0.0337 e. The lowest BCUT2D eigenvalue weighted by Gasteiger charge is -2.29. The maximum absolute atomic E-state index is 3.97. The van der Waals surface area contributed by atoms with Crippen LogP contribution in [0.3, 0.4) is 0 Å². The quantitative estimate of drug-likeness (QED) is 0.815. The lowest BCUT2D eigenvalue weighted by atomic mass is 9.91. The summed E-state index contributed by atoms with van der Waals surface area (Å²) < 4.78 is 0. The zero-order chi connectivity index (χ0) is 14.5. The molecule has 1 fully saturated rings. The van der Waals surface area contributed by atoms with Gasteiger partial charge >= 0.3 is 0 Å². The molecule has 2 aliphatic rings. The van der Waals surface area contributed by atoms with Crippen molar-refractivity contribution < 1.29 is 0 Å². The molecule has 2 heteroatoms. The minimum atomic E-state index is 0.523. The number of hydrogen-bond donors (Lipinski definition) is 2. The highest BCUT2D eigenvalue weighted by molar-refractivity contribution is 5.31. The number of nitrogens with one attached hydrogen (secondary N) is 2. The molecule has 1 aromatic rings. The summed E-state index contributed by atoms with van der Waals surface area (Å²) in [5.74, 6) is 0.871. The highest BCUT2D eigenvalue weighted by Gasteiger charge is 2.24. The largest absolute Gasteiger partial charge is 0.313 e. The van der Waals surface area contributed by atoms with E-state index < -0.39 is 0 Å². The second kappa shape index (κ2) is 7.42. The Morgan fingerprint density at radius 2 is 1.81 bits per heavy atom. The summed E-state index contributed by atoms with van der Waals surface area (Å²) in [7, 11) is 0. The van der Waals surface area contributed by atoms with Crippen LogP contribution in [0.5, 0.6) is 0 Å². The van der Waals surface area contributed by atoms with E-state index in [4.69, 9.17) is 0 Å².